The third-order valence-electron chi connectivity index (χ3n) is 4.33. The van der Waals surface area contributed by atoms with Crippen LogP contribution in [0.5, 0.6) is 0 Å². The predicted octanol–water partition coefficient (Wildman–Crippen LogP) is 3.96. The zero-order valence-corrected chi connectivity index (χ0v) is 14.5. The Morgan fingerprint density at radius 1 is 1.08 bits per heavy atom. The molecule has 1 saturated heterocycles. The van der Waals surface area contributed by atoms with Gasteiger partial charge in [-0.3, -0.25) is 0 Å². The van der Waals surface area contributed by atoms with E-state index in [0.717, 1.165) is 40.9 Å². The molecule has 0 spiro atoms. The van der Waals surface area contributed by atoms with Gasteiger partial charge in [-0.2, -0.15) is 0 Å². The van der Waals surface area contributed by atoms with Crippen LogP contribution < -0.4 is 10.2 Å². The molecule has 1 aliphatic heterocycles. The molecular formula is C19H19FN4S. The van der Waals surface area contributed by atoms with Gasteiger partial charge in [0.05, 0.1) is 0 Å². The second-order valence-electron chi connectivity index (χ2n) is 6.22. The molecule has 0 saturated carbocycles. The maximum Gasteiger partial charge on any atom is 0.208 e. The highest BCUT2D eigenvalue weighted by atomic mass is 32.1. The van der Waals surface area contributed by atoms with E-state index in [-0.39, 0.29) is 5.82 Å². The second kappa shape index (κ2) is 7.19. The van der Waals surface area contributed by atoms with Crippen molar-refractivity contribution in [2.24, 2.45) is 0 Å². The third kappa shape index (κ3) is 3.96. The number of halogens is 1. The van der Waals surface area contributed by atoms with Crippen LogP contribution in [0.25, 0.3) is 0 Å². The maximum absolute atomic E-state index is 13.0. The monoisotopic (exact) mass is 354 g/mol. The summed E-state index contributed by atoms with van der Waals surface area (Å²) in [5, 5.41) is 14.1. The number of hydrogen-bond acceptors (Lipinski definition) is 5. The van der Waals surface area contributed by atoms with Gasteiger partial charge in [-0.15, -0.1) is 10.2 Å². The standard InChI is InChI=1S/C19H19FN4S/c20-15-8-6-14(7-9-15)12-18-22-23-19(25-18)24-11-10-17(13-24)21-16-4-2-1-3-5-16/h1-9,17,21H,10-13H2. The fourth-order valence-electron chi connectivity index (χ4n) is 3.04. The summed E-state index contributed by atoms with van der Waals surface area (Å²) in [7, 11) is 0. The first-order chi connectivity index (χ1) is 12.3. The van der Waals surface area contributed by atoms with Crippen molar-refractivity contribution in [3.63, 3.8) is 0 Å². The molecule has 0 radical (unpaired) electrons. The first-order valence-electron chi connectivity index (χ1n) is 8.39. The van der Waals surface area contributed by atoms with Gasteiger partial charge < -0.3 is 10.2 Å². The molecule has 2 heterocycles. The molecule has 1 N–H and O–H groups in total. The smallest absolute Gasteiger partial charge is 0.208 e. The molecule has 25 heavy (non-hydrogen) atoms. The van der Waals surface area contributed by atoms with Gasteiger partial charge in [0.15, 0.2) is 0 Å². The number of nitrogens with one attached hydrogen (secondary N) is 1. The maximum atomic E-state index is 13.0. The highest BCUT2D eigenvalue weighted by molar-refractivity contribution is 7.15. The fourth-order valence-corrected chi connectivity index (χ4v) is 3.95. The van der Waals surface area contributed by atoms with Gasteiger partial charge in [-0.25, -0.2) is 4.39 Å². The molecule has 1 aromatic heterocycles. The van der Waals surface area contributed by atoms with E-state index in [1.807, 2.05) is 18.2 Å². The van der Waals surface area contributed by atoms with Gasteiger partial charge in [0, 0.05) is 31.2 Å². The molecule has 1 atom stereocenters. The number of anilines is 2. The number of benzene rings is 2. The molecule has 0 aliphatic carbocycles. The van der Waals surface area contributed by atoms with E-state index in [2.05, 4.69) is 32.5 Å². The predicted molar refractivity (Wildman–Crippen MR) is 99.8 cm³/mol. The molecule has 0 amide bonds. The molecule has 6 heteroatoms. The van der Waals surface area contributed by atoms with Crippen LogP contribution >= 0.6 is 11.3 Å². The first-order valence-corrected chi connectivity index (χ1v) is 9.21. The Morgan fingerprint density at radius 2 is 1.88 bits per heavy atom. The van der Waals surface area contributed by atoms with Crippen molar-refractivity contribution >= 4 is 22.2 Å². The zero-order chi connectivity index (χ0) is 17.1. The topological polar surface area (TPSA) is 41.1 Å². The van der Waals surface area contributed by atoms with Crippen LogP contribution in [0.4, 0.5) is 15.2 Å². The Bertz CT molecular complexity index is 819. The van der Waals surface area contributed by atoms with E-state index in [1.165, 1.54) is 12.1 Å². The Labute approximate surface area is 150 Å². The molecule has 4 rings (SSSR count). The molecule has 1 fully saturated rings. The van der Waals surface area contributed by atoms with Gasteiger partial charge in [-0.1, -0.05) is 41.7 Å². The number of para-hydroxylation sites is 1. The van der Waals surface area contributed by atoms with Crippen LogP contribution in [0.3, 0.4) is 0 Å². The minimum Gasteiger partial charge on any atom is -0.380 e. The van der Waals surface area contributed by atoms with Crippen molar-refractivity contribution in [3.8, 4) is 0 Å². The van der Waals surface area contributed by atoms with E-state index < -0.39 is 0 Å². The summed E-state index contributed by atoms with van der Waals surface area (Å²) in [6.45, 7) is 1.91. The van der Waals surface area contributed by atoms with Crippen molar-refractivity contribution in [1.82, 2.24) is 10.2 Å². The second-order valence-corrected chi connectivity index (χ2v) is 7.26. The number of nitrogens with zero attached hydrogens (tertiary/aromatic N) is 3. The van der Waals surface area contributed by atoms with Gasteiger partial charge >= 0.3 is 0 Å². The van der Waals surface area contributed by atoms with Gasteiger partial charge in [0.2, 0.25) is 5.13 Å². The number of hydrogen-bond donors (Lipinski definition) is 1. The van der Waals surface area contributed by atoms with Crippen LogP contribution in [0.1, 0.15) is 17.0 Å². The zero-order valence-electron chi connectivity index (χ0n) is 13.7. The Morgan fingerprint density at radius 3 is 2.68 bits per heavy atom. The van der Waals surface area contributed by atoms with Crippen molar-refractivity contribution in [2.75, 3.05) is 23.3 Å². The summed E-state index contributed by atoms with van der Waals surface area (Å²) >= 11 is 1.62. The van der Waals surface area contributed by atoms with Crippen LogP contribution in [0.15, 0.2) is 54.6 Å². The normalized spacial score (nSPS) is 17.0. The van der Waals surface area contributed by atoms with E-state index in [1.54, 1.807) is 23.5 Å². The van der Waals surface area contributed by atoms with Crippen LogP contribution in [0.2, 0.25) is 0 Å². The highest BCUT2D eigenvalue weighted by Gasteiger charge is 2.25. The third-order valence-corrected chi connectivity index (χ3v) is 5.31. The lowest BCUT2D eigenvalue weighted by atomic mass is 10.2. The minimum absolute atomic E-state index is 0.212. The van der Waals surface area contributed by atoms with Crippen LogP contribution in [-0.2, 0) is 6.42 Å². The quantitative estimate of drug-likeness (QED) is 0.753. The Balaban J connectivity index is 1.37. The Kier molecular flexibility index (Phi) is 4.61. The highest BCUT2D eigenvalue weighted by Crippen LogP contribution is 2.26. The van der Waals surface area contributed by atoms with Gasteiger partial charge in [-0.05, 0) is 36.2 Å². The summed E-state index contributed by atoms with van der Waals surface area (Å²) in [6, 6.07) is 17.3. The molecule has 128 valence electrons. The number of rotatable bonds is 5. The Hall–Kier alpha value is -2.47. The van der Waals surface area contributed by atoms with E-state index in [9.17, 15) is 4.39 Å². The van der Waals surface area contributed by atoms with Gasteiger partial charge in [0.1, 0.15) is 10.8 Å². The average Bonchev–Trinajstić information content (AvgIpc) is 3.27. The van der Waals surface area contributed by atoms with E-state index >= 15 is 0 Å². The molecular weight excluding hydrogens is 335 g/mol. The molecule has 2 aromatic carbocycles. The molecule has 3 aromatic rings. The summed E-state index contributed by atoms with van der Waals surface area (Å²) in [5.74, 6) is -0.212. The molecule has 4 nitrogen and oxygen atoms in total. The van der Waals surface area contributed by atoms with Crippen molar-refractivity contribution in [1.29, 1.82) is 0 Å². The largest absolute Gasteiger partial charge is 0.380 e. The van der Waals surface area contributed by atoms with E-state index in [4.69, 9.17) is 0 Å². The van der Waals surface area contributed by atoms with E-state index in [0.29, 0.717) is 12.5 Å². The van der Waals surface area contributed by atoms with Crippen LogP contribution in [0, 0.1) is 5.82 Å². The molecule has 0 bridgehead atoms. The average molecular weight is 354 g/mol. The summed E-state index contributed by atoms with van der Waals surface area (Å²) in [5.41, 5.74) is 2.21. The lowest BCUT2D eigenvalue weighted by molar-refractivity contribution is 0.627. The van der Waals surface area contributed by atoms with Gasteiger partial charge in [0.25, 0.3) is 0 Å². The SMILES string of the molecule is Fc1ccc(Cc2nnc(N3CCC(Nc4ccccc4)C3)s2)cc1. The lowest BCUT2D eigenvalue weighted by Gasteiger charge is -2.16. The molecule has 1 unspecified atom stereocenters. The summed E-state index contributed by atoms with van der Waals surface area (Å²) in [6.07, 6.45) is 1.78. The van der Waals surface area contributed by atoms with Crippen molar-refractivity contribution in [3.05, 3.63) is 71.0 Å². The van der Waals surface area contributed by atoms with Crippen LogP contribution in [-0.4, -0.2) is 29.3 Å². The summed E-state index contributed by atoms with van der Waals surface area (Å²) in [4.78, 5) is 2.28. The number of aromatic nitrogens is 2. The summed E-state index contributed by atoms with van der Waals surface area (Å²) < 4.78 is 13.0. The fraction of sp³-hybridized carbons (Fsp3) is 0.263. The first kappa shape index (κ1) is 16.0. The lowest BCUT2D eigenvalue weighted by Crippen LogP contribution is -2.25. The molecule has 1 aliphatic rings. The van der Waals surface area contributed by atoms with Crippen molar-refractivity contribution in [2.45, 2.75) is 18.9 Å². The minimum atomic E-state index is -0.212. The van der Waals surface area contributed by atoms with Crippen molar-refractivity contribution < 1.29 is 4.39 Å².